The average Bonchev–Trinajstić information content (AvgIpc) is 3.40. The molecule has 0 saturated heterocycles. The number of nitriles is 1. The summed E-state index contributed by atoms with van der Waals surface area (Å²) in [4.78, 5) is 25.1. The number of hydrogen-bond donors (Lipinski definition) is 2. The summed E-state index contributed by atoms with van der Waals surface area (Å²) in [5.74, 6) is -0.631. The minimum absolute atomic E-state index is 0.0101. The van der Waals surface area contributed by atoms with Gasteiger partial charge in [-0.15, -0.1) is 0 Å². The number of pyridine rings is 1. The summed E-state index contributed by atoms with van der Waals surface area (Å²) in [5, 5.41) is 19.7. The largest absolute Gasteiger partial charge is 0.433 e. The van der Waals surface area contributed by atoms with Gasteiger partial charge in [0.2, 0.25) is 11.9 Å². The third-order valence-electron chi connectivity index (χ3n) is 6.09. The number of aromatic nitrogens is 4. The topological polar surface area (TPSA) is 124 Å². The van der Waals surface area contributed by atoms with Crippen LogP contribution in [0.3, 0.4) is 0 Å². The van der Waals surface area contributed by atoms with Crippen molar-refractivity contribution in [2.24, 2.45) is 0 Å². The number of alkyl halides is 2. The van der Waals surface area contributed by atoms with Gasteiger partial charge in [-0.2, -0.15) is 19.1 Å². The van der Waals surface area contributed by atoms with Crippen molar-refractivity contribution in [2.45, 2.75) is 6.61 Å². The fraction of sp³-hybridized carbons (Fsp3) is 0.207. The molecule has 2 N–H and O–H groups in total. The van der Waals surface area contributed by atoms with Gasteiger partial charge in [0.05, 0.1) is 46.2 Å². The molecular weight excluding hydrogens is 544 g/mol. The molecule has 0 unspecified atom stereocenters. The zero-order valence-electron chi connectivity index (χ0n) is 23.3. The number of anilines is 4. The Hall–Kier alpha value is -5.35. The van der Waals surface area contributed by atoms with Crippen molar-refractivity contribution in [3.05, 3.63) is 79.3 Å². The lowest BCUT2D eigenvalue weighted by molar-refractivity contribution is -0.111. The van der Waals surface area contributed by atoms with E-state index in [1.54, 1.807) is 24.0 Å². The Morgan fingerprint density at radius 1 is 1.21 bits per heavy atom. The molecule has 1 aromatic carbocycles. The van der Waals surface area contributed by atoms with Crippen LogP contribution in [0.2, 0.25) is 0 Å². The zero-order chi connectivity index (χ0) is 30.2. The smallest absolute Gasteiger partial charge is 0.387 e. The van der Waals surface area contributed by atoms with Crippen molar-refractivity contribution in [2.75, 3.05) is 49.8 Å². The molecule has 0 saturated carbocycles. The minimum atomic E-state index is -3.13. The van der Waals surface area contributed by atoms with Crippen LogP contribution in [0.25, 0.3) is 16.8 Å². The lowest BCUT2D eigenvalue weighted by Gasteiger charge is -2.26. The van der Waals surface area contributed by atoms with Gasteiger partial charge in [-0.1, -0.05) is 24.8 Å². The van der Waals surface area contributed by atoms with Gasteiger partial charge in [0.25, 0.3) is 0 Å². The van der Waals surface area contributed by atoms with E-state index in [4.69, 9.17) is 4.74 Å². The first-order chi connectivity index (χ1) is 20.2. The summed E-state index contributed by atoms with van der Waals surface area (Å²) in [6, 6.07) is 10.4. The number of carbonyl (C=O) groups is 1. The molecule has 0 aliphatic carbocycles. The van der Waals surface area contributed by atoms with Crippen LogP contribution in [-0.4, -0.2) is 71.2 Å². The Bertz CT molecular complexity index is 1660. The number of likely N-dealkylation sites (N-methyl/N-ethyl adjacent to an activating group) is 2. The van der Waals surface area contributed by atoms with Crippen LogP contribution >= 0.6 is 0 Å². The molecule has 216 valence electrons. The average molecular weight is 574 g/mol. The highest BCUT2D eigenvalue weighted by atomic mass is 19.3. The van der Waals surface area contributed by atoms with E-state index in [0.29, 0.717) is 41.2 Å². The molecule has 11 nitrogen and oxygen atoms in total. The summed E-state index contributed by atoms with van der Waals surface area (Å²) in [5.41, 5.74) is 2.64. The van der Waals surface area contributed by atoms with Gasteiger partial charge in [-0.05, 0) is 32.3 Å². The Labute approximate surface area is 241 Å². The number of halogens is 2. The number of carbonyl (C=O) groups excluding carboxylic acids is 1. The summed E-state index contributed by atoms with van der Waals surface area (Å²) in [6.07, 6.45) is 8.90. The predicted octanol–water partition coefficient (Wildman–Crippen LogP) is 4.69. The summed E-state index contributed by atoms with van der Waals surface area (Å²) in [6.45, 7) is 1.63. The third kappa shape index (κ3) is 7.04. The van der Waals surface area contributed by atoms with Gasteiger partial charge in [-0.3, -0.25) is 4.79 Å². The van der Waals surface area contributed by atoms with E-state index in [1.807, 2.05) is 42.1 Å². The van der Waals surface area contributed by atoms with Crippen LogP contribution in [-0.2, 0) is 4.79 Å². The molecule has 0 fully saturated rings. The lowest BCUT2D eigenvalue weighted by atomic mass is 10.1. The van der Waals surface area contributed by atoms with Crippen LogP contribution in [0.5, 0.6) is 5.75 Å². The van der Waals surface area contributed by atoms with Gasteiger partial charge in [0.1, 0.15) is 6.07 Å². The maximum absolute atomic E-state index is 13.5. The molecule has 42 heavy (non-hydrogen) atoms. The van der Waals surface area contributed by atoms with Crippen LogP contribution < -0.4 is 20.3 Å². The normalized spacial score (nSPS) is 11.2. The number of rotatable bonds is 12. The van der Waals surface area contributed by atoms with Crippen molar-refractivity contribution in [3.8, 4) is 23.1 Å². The van der Waals surface area contributed by atoms with E-state index in [2.05, 4.69) is 38.3 Å². The van der Waals surface area contributed by atoms with Crippen LogP contribution in [0, 0.1) is 11.3 Å². The van der Waals surface area contributed by atoms with Crippen molar-refractivity contribution in [1.82, 2.24) is 24.5 Å². The van der Waals surface area contributed by atoms with E-state index in [0.717, 1.165) is 0 Å². The molecule has 4 rings (SSSR count). The predicted molar refractivity (Wildman–Crippen MR) is 157 cm³/mol. The maximum atomic E-state index is 13.5. The molecule has 1 amide bonds. The fourth-order valence-electron chi connectivity index (χ4n) is 4.04. The quantitative estimate of drug-likeness (QED) is 0.184. The van der Waals surface area contributed by atoms with E-state index in [-0.39, 0.29) is 22.9 Å². The maximum Gasteiger partial charge on any atom is 0.387 e. The van der Waals surface area contributed by atoms with Crippen LogP contribution in [0.4, 0.5) is 31.8 Å². The molecule has 0 aliphatic heterocycles. The first-order valence-corrected chi connectivity index (χ1v) is 12.8. The number of hydrogen-bond acceptors (Lipinski definition) is 9. The van der Waals surface area contributed by atoms with E-state index >= 15 is 0 Å². The molecule has 0 bridgehead atoms. The second-order valence-corrected chi connectivity index (χ2v) is 9.33. The molecule has 13 heteroatoms. The summed E-state index contributed by atoms with van der Waals surface area (Å²) in [7, 11) is 5.60. The Balaban J connectivity index is 1.79. The monoisotopic (exact) mass is 573 g/mol. The van der Waals surface area contributed by atoms with Gasteiger partial charge in [0.15, 0.2) is 5.75 Å². The number of allylic oxidation sites excluding steroid dienone is 2. The van der Waals surface area contributed by atoms with Crippen molar-refractivity contribution in [1.29, 1.82) is 5.26 Å². The van der Waals surface area contributed by atoms with Gasteiger partial charge < -0.3 is 25.2 Å². The molecule has 4 aromatic rings. The third-order valence-corrected chi connectivity index (χ3v) is 6.09. The standard InChI is InChI=1S/C29H29F2N9O2/c1-5-6-10-26(41)35-21-14-22(25(42-28(30)31)15-24(21)39(4)13-12-38(2)3)36-29-33-17-19(16-32)27(37-29)20-18-34-40-11-8-7-9-23(20)40/h5-11,14-15,17-18,28H,1,12-13H2,2-4H3,(H,35,41)(H,33,36,37)/b10-6-. The van der Waals surface area contributed by atoms with Gasteiger partial charge >= 0.3 is 6.61 Å². The number of ether oxygens (including phenoxy) is 1. The molecule has 0 radical (unpaired) electrons. The second kappa shape index (κ2) is 13.3. The minimum Gasteiger partial charge on any atom is -0.433 e. The van der Waals surface area contributed by atoms with E-state index in [1.165, 1.54) is 36.6 Å². The van der Waals surface area contributed by atoms with Crippen molar-refractivity contribution in [3.63, 3.8) is 0 Å². The first-order valence-electron chi connectivity index (χ1n) is 12.8. The molecule has 3 heterocycles. The van der Waals surface area contributed by atoms with E-state index < -0.39 is 12.5 Å². The molecule has 0 spiro atoms. The zero-order valence-corrected chi connectivity index (χ0v) is 23.3. The SMILES string of the molecule is C=C/C=C\C(=O)Nc1cc(Nc2ncc(C#N)c(-c3cnn4ccccc34)n2)c(OC(F)F)cc1N(C)CCN(C)C. The van der Waals surface area contributed by atoms with Crippen molar-refractivity contribution < 1.29 is 18.3 Å². The van der Waals surface area contributed by atoms with Crippen LogP contribution in [0.15, 0.2) is 73.7 Å². The summed E-state index contributed by atoms with van der Waals surface area (Å²) >= 11 is 0. The number of fused-ring (bicyclic) bond motifs is 1. The number of benzene rings is 1. The van der Waals surface area contributed by atoms with Crippen molar-refractivity contribution >= 4 is 34.4 Å². The highest BCUT2D eigenvalue weighted by Crippen LogP contribution is 2.39. The Morgan fingerprint density at radius 3 is 2.74 bits per heavy atom. The van der Waals surface area contributed by atoms with Gasteiger partial charge in [-0.25, -0.2) is 14.5 Å². The highest BCUT2D eigenvalue weighted by Gasteiger charge is 2.20. The lowest BCUT2D eigenvalue weighted by Crippen LogP contribution is -2.29. The number of nitrogens with zero attached hydrogens (tertiary/aromatic N) is 7. The number of amides is 1. The Kier molecular flexibility index (Phi) is 9.41. The summed E-state index contributed by atoms with van der Waals surface area (Å²) < 4.78 is 33.6. The molecule has 0 aliphatic rings. The number of nitrogens with one attached hydrogen (secondary N) is 2. The molecular formula is C29H29F2N9O2. The first kappa shape index (κ1) is 29.6. The molecule has 3 aromatic heterocycles. The highest BCUT2D eigenvalue weighted by molar-refractivity contribution is 6.02. The molecule has 0 atom stereocenters. The van der Waals surface area contributed by atoms with Crippen LogP contribution in [0.1, 0.15) is 5.56 Å². The fourth-order valence-corrected chi connectivity index (χ4v) is 4.04. The van der Waals surface area contributed by atoms with E-state index in [9.17, 15) is 18.8 Å². The Morgan fingerprint density at radius 2 is 2.02 bits per heavy atom. The second-order valence-electron chi connectivity index (χ2n) is 9.33. The van der Waals surface area contributed by atoms with Gasteiger partial charge in [0, 0.05) is 44.0 Å².